The van der Waals surface area contributed by atoms with Crippen LogP contribution in [0.1, 0.15) is 49.2 Å². The molecule has 1 N–H and O–H groups in total. The Hall–Kier alpha value is -3.63. The molecule has 0 spiro atoms. The molecular weight excluding hydrogens is 514 g/mol. The number of nitrogens with zero attached hydrogens (tertiary/aromatic N) is 6. The maximum atomic E-state index is 6.63. The van der Waals surface area contributed by atoms with E-state index >= 15 is 0 Å². The maximum Gasteiger partial charge on any atom is 0.180 e. The maximum absolute atomic E-state index is 6.63. The Morgan fingerprint density at radius 3 is 2.22 bits per heavy atom. The number of benzene rings is 1. The Morgan fingerprint density at radius 1 is 0.732 bits per heavy atom. The van der Waals surface area contributed by atoms with E-state index in [4.69, 9.17) is 24.4 Å². The van der Waals surface area contributed by atoms with E-state index in [1.54, 1.807) is 0 Å². The van der Waals surface area contributed by atoms with Crippen LogP contribution in [0.5, 0.6) is 0 Å². The predicted octanol–water partition coefficient (Wildman–Crippen LogP) is 4.21. The Labute approximate surface area is 241 Å². The van der Waals surface area contributed by atoms with Crippen LogP contribution in [0.4, 0.5) is 0 Å². The molecule has 9 heteroatoms. The molecule has 2 unspecified atom stereocenters. The van der Waals surface area contributed by atoms with Crippen molar-refractivity contribution in [1.29, 1.82) is 0 Å². The zero-order valence-electron chi connectivity index (χ0n) is 23.4. The molecule has 0 bridgehead atoms. The molecule has 7 rings (SSSR count). The average Bonchev–Trinajstić information content (AvgIpc) is 3.60. The van der Waals surface area contributed by atoms with Gasteiger partial charge in [-0.05, 0) is 55.9 Å². The van der Waals surface area contributed by atoms with E-state index in [-0.39, 0.29) is 12.3 Å². The number of hydrogen-bond donors (Lipinski definition) is 1. The third-order valence-corrected chi connectivity index (χ3v) is 8.18. The fourth-order valence-electron chi connectivity index (χ4n) is 6.37. The lowest BCUT2D eigenvalue weighted by Crippen LogP contribution is -2.62. The van der Waals surface area contributed by atoms with Gasteiger partial charge in [-0.2, -0.15) is 5.01 Å². The summed E-state index contributed by atoms with van der Waals surface area (Å²) in [6.07, 6.45) is 10.4. The average molecular weight is 552 g/mol. The molecule has 9 nitrogen and oxygen atoms in total. The first-order chi connectivity index (χ1) is 20.4. The van der Waals surface area contributed by atoms with Crippen molar-refractivity contribution in [3.8, 4) is 0 Å². The number of nitrogens with one attached hydrogen (secondary N) is 1. The number of pyridine rings is 1. The van der Waals surface area contributed by atoms with Crippen LogP contribution >= 0.6 is 0 Å². The Kier molecular flexibility index (Phi) is 7.74. The van der Waals surface area contributed by atoms with Crippen molar-refractivity contribution in [2.24, 2.45) is 0 Å². The van der Waals surface area contributed by atoms with E-state index < -0.39 is 0 Å². The molecule has 6 heterocycles. The van der Waals surface area contributed by atoms with Crippen LogP contribution in [0.25, 0.3) is 16.8 Å². The van der Waals surface area contributed by atoms with Crippen molar-refractivity contribution in [3.05, 3.63) is 96.0 Å². The summed E-state index contributed by atoms with van der Waals surface area (Å²) in [4.78, 5) is 14.6. The highest BCUT2D eigenvalue weighted by Gasteiger charge is 2.46. The van der Waals surface area contributed by atoms with Gasteiger partial charge in [-0.15, -0.1) is 0 Å². The standard InChI is InChI=1S/C32H37N7O2/c1-2-10-24(11-3-1)28-29(25-12-4-6-15-34-25)31(32-35-16-9-17-36-32)39(37-20-18-33-19-21-37)38(27-14-8-23-41-27)30(28)26-13-5-7-22-40-26/h1-4,6,9-12,15-17,26-27,33H,5,7-8,13-14,18-23H2. The van der Waals surface area contributed by atoms with Crippen LogP contribution in [0.15, 0.2) is 78.9 Å². The SMILES string of the molecule is c1ccc(C2=C(C3CCCCO3)N(C3CCCO3)N(N3CCNCC3)C(c3ncccn3)=C2c2ccccn2)cc1. The Bertz CT molecular complexity index is 1360. The summed E-state index contributed by atoms with van der Waals surface area (Å²) in [6, 6.07) is 18.7. The molecule has 2 aromatic heterocycles. The quantitative estimate of drug-likeness (QED) is 0.485. The molecule has 2 atom stereocenters. The second kappa shape index (κ2) is 12.1. The molecule has 0 amide bonds. The van der Waals surface area contributed by atoms with E-state index in [1.165, 1.54) is 0 Å². The fourth-order valence-corrected chi connectivity index (χ4v) is 6.37. The van der Waals surface area contributed by atoms with Gasteiger partial charge in [-0.3, -0.25) is 4.98 Å². The van der Waals surface area contributed by atoms with Crippen molar-refractivity contribution < 1.29 is 9.47 Å². The highest BCUT2D eigenvalue weighted by molar-refractivity contribution is 6.15. The van der Waals surface area contributed by atoms with Crippen LogP contribution in [0.3, 0.4) is 0 Å². The molecule has 41 heavy (non-hydrogen) atoms. The van der Waals surface area contributed by atoms with Gasteiger partial charge in [0.25, 0.3) is 0 Å². The Balaban J connectivity index is 1.59. The normalized spacial score (nSPS) is 24.3. The minimum absolute atomic E-state index is 0.0782. The van der Waals surface area contributed by atoms with Gasteiger partial charge in [0.05, 0.1) is 17.5 Å². The summed E-state index contributed by atoms with van der Waals surface area (Å²) >= 11 is 0. The molecule has 0 radical (unpaired) electrons. The van der Waals surface area contributed by atoms with Gasteiger partial charge in [0.1, 0.15) is 11.9 Å². The lowest BCUT2D eigenvalue weighted by atomic mass is 9.86. The lowest BCUT2D eigenvalue weighted by molar-refractivity contribution is -0.200. The molecule has 3 fully saturated rings. The first-order valence-electron chi connectivity index (χ1n) is 14.9. The van der Waals surface area contributed by atoms with E-state index in [0.717, 1.165) is 105 Å². The van der Waals surface area contributed by atoms with Gasteiger partial charge in [-0.25, -0.2) is 20.1 Å². The van der Waals surface area contributed by atoms with Crippen LogP contribution in [0, 0.1) is 0 Å². The second-order valence-corrected chi connectivity index (χ2v) is 10.8. The van der Waals surface area contributed by atoms with Crippen molar-refractivity contribution >= 4 is 16.8 Å². The highest BCUT2D eigenvalue weighted by atomic mass is 16.5. The van der Waals surface area contributed by atoms with Crippen molar-refractivity contribution in [2.45, 2.75) is 44.4 Å². The second-order valence-electron chi connectivity index (χ2n) is 10.8. The summed E-state index contributed by atoms with van der Waals surface area (Å²) in [5.74, 6) is 0.659. The molecule has 3 saturated heterocycles. The summed E-state index contributed by atoms with van der Waals surface area (Å²) < 4.78 is 13.2. The van der Waals surface area contributed by atoms with Gasteiger partial charge >= 0.3 is 0 Å². The first-order valence-corrected chi connectivity index (χ1v) is 14.9. The topological polar surface area (TPSA) is 78.9 Å². The van der Waals surface area contributed by atoms with Gasteiger partial charge in [-0.1, -0.05) is 36.4 Å². The molecule has 212 valence electrons. The summed E-state index contributed by atoms with van der Waals surface area (Å²) in [7, 11) is 0. The van der Waals surface area contributed by atoms with Gasteiger partial charge < -0.3 is 14.8 Å². The van der Waals surface area contributed by atoms with Crippen LogP contribution in [0.2, 0.25) is 0 Å². The molecule has 1 aromatic carbocycles. The van der Waals surface area contributed by atoms with Gasteiger partial charge in [0.15, 0.2) is 5.82 Å². The number of aromatic nitrogens is 3. The molecule has 0 aliphatic carbocycles. The van der Waals surface area contributed by atoms with Gasteiger partial charge in [0, 0.05) is 69.1 Å². The smallest absolute Gasteiger partial charge is 0.180 e. The summed E-state index contributed by atoms with van der Waals surface area (Å²) in [6.45, 7) is 4.96. The summed E-state index contributed by atoms with van der Waals surface area (Å²) in [5, 5.41) is 10.7. The molecule has 4 aliphatic rings. The monoisotopic (exact) mass is 551 g/mol. The van der Waals surface area contributed by atoms with E-state index in [0.29, 0.717) is 5.82 Å². The van der Waals surface area contributed by atoms with Crippen molar-refractivity contribution in [3.63, 3.8) is 0 Å². The lowest BCUT2D eigenvalue weighted by Gasteiger charge is -2.53. The third-order valence-electron chi connectivity index (χ3n) is 8.18. The largest absolute Gasteiger partial charge is 0.372 e. The van der Waals surface area contributed by atoms with Crippen LogP contribution in [-0.4, -0.2) is 81.8 Å². The number of hydrogen-bond acceptors (Lipinski definition) is 9. The zero-order chi connectivity index (χ0) is 27.4. The number of allylic oxidation sites excluding steroid dienone is 2. The predicted molar refractivity (Wildman–Crippen MR) is 157 cm³/mol. The number of ether oxygens (including phenoxy) is 2. The van der Waals surface area contributed by atoms with Crippen molar-refractivity contribution in [2.75, 3.05) is 39.4 Å². The minimum Gasteiger partial charge on any atom is -0.372 e. The molecule has 3 aromatic rings. The molecule has 0 saturated carbocycles. The first kappa shape index (κ1) is 26.3. The highest BCUT2D eigenvalue weighted by Crippen LogP contribution is 2.49. The van der Waals surface area contributed by atoms with Gasteiger partial charge in [0.2, 0.25) is 0 Å². The zero-order valence-corrected chi connectivity index (χ0v) is 23.4. The minimum atomic E-state index is -0.131. The molecule has 4 aliphatic heterocycles. The van der Waals surface area contributed by atoms with Crippen molar-refractivity contribution in [1.82, 2.24) is 35.4 Å². The van der Waals surface area contributed by atoms with E-state index in [9.17, 15) is 0 Å². The Morgan fingerprint density at radius 2 is 1.51 bits per heavy atom. The summed E-state index contributed by atoms with van der Waals surface area (Å²) in [5.41, 5.74) is 6.19. The molecular formula is C32H37N7O2. The fraction of sp³-hybridized carbons (Fsp3) is 0.406. The van der Waals surface area contributed by atoms with Crippen LogP contribution in [-0.2, 0) is 9.47 Å². The van der Waals surface area contributed by atoms with E-state index in [1.807, 2.05) is 30.7 Å². The van der Waals surface area contributed by atoms with Crippen LogP contribution < -0.4 is 5.32 Å². The third kappa shape index (κ3) is 5.15. The number of piperazine rings is 1. The van der Waals surface area contributed by atoms with E-state index in [2.05, 4.69) is 62.9 Å². The number of rotatable bonds is 6. The number of hydrazine groups is 2.